The van der Waals surface area contributed by atoms with Gasteiger partial charge in [0.25, 0.3) is 5.91 Å². The highest BCUT2D eigenvalue weighted by Gasteiger charge is 2.39. The van der Waals surface area contributed by atoms with Gasteiger partial charge in [0.05, 0.1) is 17.7 Å². The van der Waals surface area contributed by atoms with Gasteiger partial charge in [0.2, 0.25) is 0 Å². The maximum Gasteiger partial charge on any atom is 0.419 e. The molecular formula is C24H33F4NO3. The fourth-order valence-corrected chi connectivity index (χ4v) is 4.01. The van der Waals surface area contributed by atoms with Gasteiger partial charge in [-0.05, 0) is 31.4 Å². The van der Waals surface area contributed by atoms with Crippen LogP contribution in [0.5, 0.6) is 0 Å². The van der Waals surface area contributed by atoms with Gasteiger partial charge in [-0.1, -0.05) is 64.4 Å². The van der Waals surface area contributed by atoms with Crippen molar-refractivity contribution in [2.75, 3.05) is 13.2 Å². The van der Waals surface area contributed by atoms with Crippen LogP contribution in [0.25, 0.3) is 0 Å². The second-order valence-electron chi connectivity index (χ2n) is 8.32. The zero-order chi connectivity index (χ0) is 23.6. The third-order valence-electron chi connectivity index (χ3n) is 5.81. The molecule has 1 aliphatic rings. The van der Waals surface area contributed by atoms with Crippen molar-refractivity contribution in [1.82, 2.24) is 4.90 Å². The second-order valence-corrected chi connectivity index (χ2v) is 8.32. The van der Waals surface area contributed by atoms with Gasteiger partial charge < -0.3 is 9.64 Å². The normalized spacial score (nSPS) is 16.4. The van der Waals surface area contributed by atoms with Crippen molar-refractivity contribution in [1.29, 1.82) is 0 Å². The Kier molecular flexibility index (Phi) is 10.5. The molecule has 1 fully saturated rings. The summed E-state index contributed by atoms with van der Waals surface area (Å²) in [6, 6.07) is 1.70. The van der Waals surface area contributed by atoms with Crippen LogP contribution in [0, 0.1) is 5.82 Å². The minimum absolute atomic E-state index is 0.173. The van der Waals surface area contributed by atoms with Crippen LogP contribution in [-0.4, -0.2) is 36.0 Å². The minimum atomic E-state index is -4.90. The largest absolute Gasteiger partial charge is 0.464 e. The van der Waals surface area contributed by atoms with E-state index in [1.165, 1.54) is 32.1 Å². The van der Waals surface area contributed by atoms with Gasteiger partial charge >= 0.3 is 12.1 Å². The molecule has 0 bridgehead atoms. The molecule has 1 atom stereocenters. The van der Waals surface area contributed by atoms with Gasteiger partial charge in [0.15, 0.2) is 0 Å². The van der Waals surface area contributed by atoms with Crippen LogP contribution in [0.2, 0.25) is 0 Å². The number of carbonyl (C=O) groups excluding carboxylic acids is 2. The molecule has 1 aromatic rings. The SMILES string of the molecule is CCCCCCCCCCCOC(=O)C1CCCN1C(=O)c1cccc(C(F)(F)F)c1F. The average Bonchev–Trinajstić information content (AvgIpc) is 3.24. The first-order chi connectivity index (χ1) is 15.3. The van der Waals surface area contributed by atoms with Crippen molar-refractivity contribution in [3.05, 3.63) is 35.1 Å². The summed E-state index contributed by atoms with van der Waals surface area (Å²) in [4.78, 5) is 26.3. The molecular weight excluding hydrogens is 426 g/mol. The van der Waals surface area contributed by atoms with E-state index in [-0.39, 0.29) is 13.2 Å². The fourth-order valence-electron chi connectivity index (χ4n) is 4.01. The van der Waals surface area contributed by atoms with Gasteiger partial charge in [0, 0.05) is 6.54 Å². The molecule has 1 heterocycles. The van der Waals surface area contributed by atoms with E-state index in [1.54, 1.807) is 0 Å². The Labute approximate surface area is 187 Å². The molecule has 0 aliphatic carbocycles. The summed E-state index contributed by atoms with van der Waals surface area (Å²) < 4.78 is 58.5. The van der Waals surface area contributed by atoms with Crippen molar-refractivity contribution < 1.29 is 31.9 Å². The van der Waals surface area contributed by atoms with E-state index in [2.05, 4.69) is 6.92 Å². The van der Waals surface area contributed by atoms with E-state index in [1.807, 2.05) is 0 Å². The first-order valence-electron chi connectivity index (χ1n) is 11.6. The van der Waals surface area contributed by atoms with Crippen molar-refractivity contribution in [2.24, 2.45) is 0 Å². The molecule has 1 saturated heterocycles. The molecule has 1 aliphatic heterocycles. The van der Waals surface area contributed by atoms with Crippen molar-refractivity contribution >= 4 is 11.9 Å². The van der Waals surface area contributed by atoms with E-state index in [0.717, 1.165) is 42.7 Å². The van der Waals surface area contributed by atoms with E-state index in [0.29, 0.717) is 18.9 Å². The number of likely N-dealkylation sites (tertiary alicyclic amines) is 1. The first kappa shape index (κ1) is 26.1. The van der Waals surface area contributed by atoms with Crippen LogP contribution >= 0.6 is 0 Å². The quantitative estimate of drug-likeness (QED) is 0.203. The first-order valence-corrected chi connectivity index (χ1v) is 11.6. The monoisotopic (exact) mass is 459 g/mol. The summed E-state index contributed by atoms with van der Waals surface area (Å²) in [6.07, 6.45) is 6.10. The number of benzene rings is 1. The zero-order valence-corrected chi connectivity index (χ0v) is 18.7. The van der Waals surface area contributed by atoms with E-state index < -0.39 is 41.0 Å². The average molecular weight is 460 g/mol. The molecule has 0 radical (unpaired) electrons. The second kappa shape index (κ2) is 12.8. The van der Waals surface area contributed by atoms with Crippen LogP contribution in [0.4, 0.5) is 17.6 Å². The molecule has 1 amide bonds. The number of unbranched alkanes of at least 4 members (excludes halogenated alkanes) is 8. The molecule has 0 spiro atoms. The summed E-state index contributed by atoms with van der Waals surface area (Å²) in [5.74, 6) is -3.11. The summed E-state index contributed by atoms with van der Waals surface area (Å²) >= 11 is 0. The number of halogens is 4. The Morgan fingerprint density at radius 1 is 1.03 bits per heavy atom. The van der Waals surface area contributed by atoms with E-state index in [9.17, 15) is 27.2 Å². The molecule has 0 saturated carbocycles. The highest BCUT2D eigenvalue weighted by molar-refractivity contribution is 5.97. The van der Waals surface area contributed by atoms with Gasteiger partial charge in [-0.3, -0.25) is 4.79 Å². The van der Waals surface area contributed by atoms with Gasteiger partial charge in [-0.25, -0.2) is 9.18 Å². The molecule has 1 aromatic carbocycles. The van der Waals surface area contributed by atoms with Crippen molar-refractivity contribution in [3.8, 4) is 0 Å². The molecule has 0 aromatic heterocycles. The van der Waals surface area contributed by atoms with Crippen LogP contribution in [0.15, 0.2) is 18.2 Å². The molecule has 4 nitrogen and oxygen atoms in total. The summed E-state index contributed by atoms with van der Waals surface area (Å²) in [5.41, 5.74) is -2.18. The molecule has 1 unspecified atom stereocenters. The third kappa shape index (κ3) is 7.48. The van der Waals surface area contributed by atoms with Crippen LogP contribution < -0.4 is 0 Å². The maximum atomic E-state index is 14.4. The standard InChI is InChI=1S/C24H33F4NO3/c1-2-3-4-5-6-7-8-9-10-17-32-23(31)20-15-12-16-29(20)22(30)18-13-11-14-19(21(18)25)24(26,27)28/h11,13-14,20H,2-10,12,15-17H2,1H3. The number of esters is 1. The molecule has 8 heteroatoms. The van der Waals surface area contributed by atoms with Crippen molar-refractivity contribution in [3.63, 3.8) is 0 Å². The molecule has 0 N–H and O–H groups in total. The third-order valence-corrected chi connectivity index (χ3v) is 5.81. The van der Waals surface area contributed by atoms with Crippen LogP contribution in [0.1, 0.15) is 93.5 Å². The Hall–Kier alpha value is -2.12. The number of hydrogen-bond donors (Lipinski definition) is 0. The van der Waals surface area contributed by atoms with E-state index in [4.69, 9.17) is 4.74 Å². The van der Waals surface area contributed by atoms with Gasteiger partial charge in [-0.15, -0.1) is 0 Å². The predicted molar refractivity (Wildman–Crippen MR) is 114 cm³/mol. The van der Waals surface area contributed by atoms with Crippen LogP contribution in [0.3, 0.4) is 0 Å². The lowest BCUT2D eigenvalue weighted by Crippen LogP contribution is -2.42. The number of nitrogens with zero attached hydrogens (tertiary/aromatic N) is 1. The maximum absolute atomic E-state index is 14.4. The summed E-state index contributed by atoms with van der Waals surface area (Å²) in [6.45, 7) is 2.60. The number of ether oxygens (including phenoxy) is 1. The molecule has 2 rings (SSSR count). The Morgan fingerprint density at radius 2 is 1.66 bits per heavy atom. The molecule has 180 valence electrons. The van der Waals surface area contributed by atoms with Crippen molar-refractivity contribution in [2.45, 2.75) is 89.8 Å². The number of rotatable bonds is 12. The highest BCUT2D eigenvalue weighted by atomic mass is 19.4. The molecule has 32 heavy (non-hydrogen) atoms. The topological polar surface area (TPSA) is 46.6 Å². The number of amides is 1. The number of hydrogen-bond acceptors (Lipinski definition) is 3. The Bertz CT molecular complexity index is 751. The summed E-state index contributed by atoms with van der Waals surface area (Å²) in [7, 11) is 0. The Balaban J connectivity index is 1.81. The minimum Gasteiger partial charge on any atom is -0.464 e. The Morgan fingerprint density at radius 3 is 2.28 bits per heavy atom. The lowest BCUT2D eigenvalue weighted by molar-refractivity contribution is -0.148. The van der Waals surface area contributed by atoms with Gasteiger partial charge in [-0.2, -0.15) is 13.2 Å². The number of carbonyl (C=O) groups is 2. The fraction of sp³-hybridized carbons (Fsp3) is 0.667. The predicted octanol–water partition coefficient (Wildman–Crippen LogP) is 6.52. The lowest BCUT2D eigenvalue weighted by atomic mass is 10.1. The van der Waals surface area contributed by atoms with Crippen LogP contribution in [-0.2, 0) is 15.7 Å². The zero-order valence-electron chi connectivity index (χ0n) is 18.7. The summed E-state index contributed by atoms with van der Waals surface area (Å²) in [5, 5.41) is 0. The van der Waals surface area contributed by atoms with Gasteiger partial charge in [0.1, 0.15) is 11.9 Å². The lowest BCUT2D eigenvalue weighted by Gasteiger charge is -2.24. The number of alkyl halides is 3. The highest BCUT2D eigenvalue weighted by Crippen LogP contribution is 2.33. The smallest absolute Gasteiger partial charge is 0.419 e. The van der Waals surface area contributed by atoms with E-state index >= 15 is 0 Å².